The fraction of sp³-hybridized carbons (Fsp3) is 0.429. The molecule has 0 aliphatic rings. The van der Waals surface area contributed by atoms with Gasteiger partial charge in [-0.2, -0.15) is 0 Å². The van der Waals surface area contributed by atoms with Crippen molar-refractivity contribution in [3.8, 4) is 0 Å². The van der Waals surface area contributed by atoms with Gasteiger partial charge >= 0.3 is 0 Å². The lowest BCUT2D eigenvalue weighted by Gasteiger charge is -2.28. The molecule has 2 atom stereocenters. The van der Waals surface area contributed by atoms with Crippen LogP contribution in [0.4, 0.5) is 5.69 Å². The maximum atomic E-state index is 13.0. The standard InChI is InChI=1S/C14H16ClI3N2O6/c15-13(25)7-9(16)8(11(18)12(19)10(7)17)14(26)20(1-5(23)3-21)2-6(24)4-22/h5-6,21-24H,1-4,19H2. The van der Waals surface area contributed by atoms with E-state index in [0.29, 0.717) is 7.14 Å². The van der Waals surface area contributed by atoms with Gasteiger partial charge in [0.2, 0.25) is 0 Å². The molecule has 26 heavy (non-hydrogen) atoms. The predicted molar refractivity (Wildman–Crippen MR) is 121 cm³/mol. The van der Waals surface area contributed by atoms with Gasteiger partial charge in [-0.05, 0) is 79.4 Å². The van der Waals surface area contributed by atoms with Crippen LogP contribution in [0.15, 0.2) is 0 Å². The van der Waals surface area contributed by atoms with E-state index in [4.69, 9.17) is 27.5 Å². The summed E-state index contributed by atoms with van der Waals surface area (Å²) in [4.78, 5) is 25.9. The van der Waals surface area contributed by atoms with E-state index in [1.807, 2.05) is 67.8 Å². The van der Waals surface area contributed by atoms with Crippen molar-refractivity contribution in [1.82, 2.24) is 4.90 Å². The fourth-order valence-corrected chi connectivity index (χ4v) is 6.69. The Morgan fingerprint density at radius 3 is 1.77 bits per heavy atom. The van der Waals surface area contributed by atoms with Crippen LogP contribution in [-0.4, -0.2) is 75.0 Å². The third-order valence-electron chi connectivity index (χ3n) is 3.33. The van der Waals surface area contributed by atoms with Gasteiger partial charge < -0.3 is 31.1 Å². The third kappa shape index (κ3) is 5.74. The number of nitrogen functional groups attached to an aromatic ring is 1. The molecule has 146 valence electrons. The first kappa shape index (κ1) is 24.5. The number of anilines is 1. The first-order valence-corrected chi connectivity index (χ1v) is 10.7. The first-order chi connectivity index (χ1) is 12.1. The largest absolute Gasteiger partial charge is 0.397 e. The highest BCUT2D eigenvalue weighted by molar-refractivity contribution is 14.1. The van der Waals surface area contributed by atoms with Crippen LogP contribution < -0.4 is 5.73 Å². The molecule has 0 aliphatic carbocycles. The molecule has 0 radical (unpaired) electrons. The average molecular weight is 724 g/mol. The Morgan fingerprint density at radius 1 is 0.962 bits per heavy atom. The van der Waals surface area contributed by atoms with E-state index in [1.165, 1.54) is 0 Å². The van der Waals surface area contributed by atoms with Crippen molar-refractivity contribution in [1.29, 1.82) is 0 Å². The summed E-state index contributed by atoms with van der Waals surface area (Å²) in [6.45, 7) is -1.75. The maximum absolute atomic E-state index is 13.0. The molecule has 0 spiro atoms. The van der Waals surface area contributed by atoms with Crippen molar-refractivity contribution >= 4 is 96.2 Å². The Bertz CT molecular complexity index is 694. The predicted octanol–water partition coefficient (Wildman–Crippen LogP) is 0.610. The highest BCUT2D eigenvalue weighted by atomic mass is 127. The SMILES string of the molecule is Nc1c(I)c(C(=O)Cl)c(I)c(C(=O)N(CC(O)CO)CC(O)CO)c1I. The minimum Gasteiger partial charge on any atom is -0.397 e. The second-order valence-corrected chi connectivity index (χ2v) is 8.84. The Balaban J connectivity index is 3.49. The number of aliphatic hydroxyl groups is 4. The van der Waals surface area contributed by atoms with Crippen LogP contribution in [-0.2, 0) is 0 Å². The molecule has 1 amide bonds. The molecule has 0 saturated carbocycles. The molecule has 0 aliphatic heterocycles. The van der Waals surface area contributed by atoms with Gasteiger partial charge in [0.25, 0.3) is 11.1 Å². The molecule has 1 aromatic rings. The zero-order chi connectivity index (χ0) is 20.2. The van der Waals surface area contributed by atoms with E-state index in [9.17, 15) is 19.8 Å². The van der Waals surface area contributed by atoms with Gasteiger partial charge in [0.15, 0.2) is 0 Å². The lowest BCUT2D eigenvalue weighted by Crippen LogP contribution is -2.44. The van der Waals surface area contributed by atoms with Crippen molar-refractivity contribution in [3.05, 3.63) is 21.8 Å². The number of carbonyl (C=O) groups is 2. The summed E-state index contributed by atoms with van der Waals surface area (Å²) in [5.74, 6) is -0.624. The number of nitrogens with two attached hydrogens (primary N) is 1. The molecule has 12 heteroatoms. The minimum atomic E-state index is -1.24. The van der Waals surface area contributed by atoms with E-state index >= 15 is 0 Å². The number of halogens is 4. The lowest BCUT2D eigenvalue weighted by atomic mass is 10.1. The Kier molecular flexibility index (Phi) is 10.3. The molecule has 6 N–H and O–H groups in total. The Hall–Kier alpha value is 0.480. The zero-order valence-corrected chi connectivity index (χ0v) is 20.4. The molecule has 0 bridgehead atoms. The van der Waals surface area contributed by atoms with Crippen LogP contribution in [0.2, 0.25) is 0 Å². The van der Waals surface area contributed by atoms with E-state index in [0.717, 1.165) is 4.90 Å². The molecular weight excluding hydrogens is 708 g/mol. The number of nitrogens with zero attached hydrogens (tertiary/aromatic N) is 1. The van der Waals surface area contributed by atoms with Gasteiger partial charge in [-0.3, -0.25) is 9.59 Å². The summed E-state index contributed by atoms with van der Waals surface area (Å²) in [5, 5.41) is 36.7. The van der Waals surface area contributed by atoms with Crippen molar-refractivity contribution < 1.29 is 30.0 Å². The highest BCUT2D eigenvalue weighted by Crippen LogP contribution is 2.35. The average Bonchev–Trinajstić information content (AvgIpc) is 2.58. The van der Waals surface area contributed by atoms with Crippen LogP contribution in [0, 0.1) is 10.7 Å². The number of amides is 1. The summed E-state index contributed by atoms with van der Waals surface area (Å²) < 4.78 is 1.10. The van der Waals surface area contributed by atoms with E-state index in [2.05, 4.69) is 0 Å². The van der Waals surface area contributed by atoms with Crippen LogP contribution in [0.25, 0.3) is 0 Å². The number of aliphatic hydroxyl groups excluding tert-OH is 4. The minimum absolute atomic E-state index is 0.0968. The van der Waals surface area contributed by atoms with Gasteiger partial charge in [0.1, 0.15) is 0 Å². The van der Waals surface area contributed by atoms with Gasteiger partial charge in [-0.1, -0.05) is 0 Å². The van der Waals surface area contributed by atoms with Gasteiger partial charge in [0, 0.05) is 16.7 Å². The number of rotatable bonds is 8. The molecule has 8 nitrogen and oxygen atoms in total. The molecule has 1 rings (SSSR count). The molecular formula is C14H16ClI3N2O6. The van der Waals surface area contributed by atoms with Crippen molar-refractivity contribution in [2.75, 3.05) is 32.0 Å². The van der Waals surface area contributed by atoms with Gasteiger partial charge in [-0.25, -0.2) is 0 Å². The molecule has 0 heterocycles. The summed E-state index contributed by atoms with van der Waals surface area (Å²) >= 11 is 11.2. The Labute approximate surface area is 195 Å². The molecule has 0 aromatic heterocycles. The number of benzene rings is 1. The lowest BCUT2D eigenvalue weighted by molar-refractivity contribution is 0.0209. The van der Waals surface area contributed by atoms with Crippen LogP contribution >= 0.6 is 79.4 Å². The van der Waals surface area contributed by atoms with E-state index in [1.54, 1.807) is 0 Å². The van der Waals surface area contributed by atoms with Crippen molar-refractivity contribution in [2.45, 2.75) is 12.2 Å². The summed E-state index contributed by atoms with van der Waals surface area (Å²) in [7, 11) is 0. The summed E-state index contributed by atoms with van der Waals surface area (Å²) in [6, 6.07) is 0. The third-order valence-corrected chi connectivity index (χ3v) is 6.84. The quantitative estimate of drug-likeness (QED) is 0.150. The van der Waals surface area contributed by atoms with E-state index in [-0.39, 0.29) is 33.5 Å². The molecule has 0 saturated heterocycles. The van der Waals surface area contributed by atoms with Crippen molar-refractivity contribution in [3.63, 3.8) is 0 Å². The van der Waals surface area contributed by atoms with Crippen LogP contribution in [0.5, 0.6) is 0 Å². The summed E-state index contributed by atoms with van der Waals surface area (Å²) in [6.07, 6.45) is -2.48. The second kappa shape index (κ2) is 10.9. The first-order valence-electron chi connectivity index (χ1n) is 7.09. The topological polar surface area (TPSA) is 144 Å². The van der Waals surface area contributed by atoms with Crippen LogP contribution in [0.3, 0.4) is 0 Å². The molecule has 0 fully saturated rings. The number of hydrogen-bond acceptors (Lipinski definition) is 7. The maximum Gasteiger partial charge on any atom is 0.256 e. The van der Waals surface area contributed by atoms with Gasteiger partial charge in [0.05, 0.1) is 49.4 Å². The second-order valence-electron chi connectivity index (χ2n) is 5.26. The molecule has 2 unspecified atom stereocenters. The fourth-order valence-electron chi connectivity index (χ4n) is 2.07. The normalized spacial score (nSPS) is 13.4. The smallest absolute Gasteiger partial charge is 0.256 e. The van der Waals surface area contributed by atoms with Crippen LogP contribution in [0.1, 0.15) is 20.7 Å². The van der Waals surface area contributed by atoms with E-state index < -0.39 is 36.6 Å². The number of hydrogen-bond donors (Lipinski definition) is 5. The summed E-state index contributed by atoms with van der Waals surface area (Å²) in [5.41, 5.74) is 6.41. The zero-order valence-electron chi connectivity index (χ0n) is 13.1. The molecule has 1 aromatic carbocycles. The van der Waals surface area contributed by atoms with Crippen molar-refractivity contribution in [2.24, 2.45) is 0 Å². The monoisotopic (exact) mass is 724 g/mol. The van der Waals surface area contributed by atoms with Gasteiger partial charge in [-0.15, -0.1) is 0 Å². The highest BCUT2D eigenvalue weighted by Gasteiger charge is 2.30. The number of carbonyl (C=O) groups excluding carboxylic acids is 2. The Morgan fingerprint density at radius 2 is 1.38 bits per heavy atom.